The van der Waals surface area contributed by atoms with Gasteiger partial charge < -0.3 is 10.6 Å². The maximum Gasteiger partial charge on any atom is 0.263 e. The van der Waals surface area contributed by atoms with Gasteiger partial charge in [-0.15, -0.1) is 11.3 Å². The molecule has 0 bridgehead atoms. The van der Waals surface area contributed by atoms with Crippen molar-refractivity contribution in [1.82, 2.24) is 10.6 Å². The van der Waals surface area contributed by atoms with Crippen LogP contribution in [-0.2, 0) is 4.79 Å². The van der Waals surface area contributed by atoms with Crippen LogP contribution in [0.15, 0.2) is 15.9 Å². The minimum atomic E-state index is -0.543. The van der Waals surface area contributed by atoms with E-state index in [1.54, 1.807) is 13.0 Å². The van der Waals surface area contributed by atoms with Crippen LogP contribution in [0.5, 0.6) is 0 Å². The Hall–Kier alpha value is -0.880. The van der Waals surface area contributed by atoms with Gasteiger partial charge in [-0.3, -0.25) is 9.59 Å². The summed E-state index contributed by atoms with van der Waals surface area (Å²) in [5.41, 5.74) is 0. The number of thiophene rings is 1. The third-order valence-corrected chi connectivity index (χ3v) is 3.83. The number of amides is 2. The molecule has 0 radical (unpaired) electrons. The van der Waals surface area contributed by atoms with E-state index in [1.807, 2.05) is 19.2 Å². The molecule has 0 aliphatic rings. The Balaban J connectivity index is 2.57. The summed E-state index contributed by atoms with van der Waals surface area (Å²) in [6.45, 7) is 5.42. The van der Waals surface area contributed by atoms with Crippen LogP contribution in [0, 0.1) is 0 Å². The van der Waals surface area contributed by atoms with Crippen molar-refractivity contribution in [3.05, 3.63) is 20.8 Å². The van der Waals surface area contributed by atoms with Crippen molar-refractivity contribution in [2.24, 2.45) is 0 Å². The highest BCUT2D eigenvalue weighted by Crippen LogP contribution is 2.22. The molecule has 0 aliphatic heterocycles. The van der Waals surface area contributed by atoms with Crippen molar-refractivity contribution in [2.45, 2.75) is 32.9 Å². The normalized spacial score (nSPS) is 12.3. The van der Waals surface area contributed by atoms with Crippen molar-refractivity contribution in [2.75, 3.05) is 0 Å². The summed E-state index contributed by atoms with van der Waals surface area (Å²) in [5.74, 6) is -0.417. The molecule has 1 unspecified atom stereocenters. The van der Waals surface area contributed by atoms with E-state index >= 15 is 0 Å². The lowest BCUT2D eigenvalue weighted by Gasteiger charge is -2.15. The van der Waals surface area contributed by atoms with Crippen LogP contribution in [0.4, 0.5) is 0 Å². The lowest BCUT2D eigenvalue weighted by atomic mass is 10.2. The molecule has 0 spiro atoms. The predicted molar refractivity (Wildman–Crippen MR) is 72.2 cm³/mol. The molecule has 0 saturated carbocycles. The predicted octanol–water partition coefficient (Wildman–Crippen LogP) is 2.15. The van der Waals surface area contributed by atoms with Gasteiger partial charge in [0.1, 0.15) is 10.9 Å². The minimum Gasteiger partial charge on any atom is -0.352 e. The van der Waals surface area contributed by atoms with Gasteiger partial charge in [0.05, 0.1) is 0 Å². The van der Waals surface area contributed by atoms with Crippen molar-refractivity contribution in [1.29, 1.82) is 0 Å². The van der Waals surface area contributed by atoms with E-state index in [1.165, 1.54) is 11.3 Å². The van der Waals surface area contributed by atoms with Crippen LogP contribution in [-0.4, -0.2) is 23.9 Å². The Morgan fingerprint density at radius 2 is 1.94 bits per heavy atom. The molecule has 1 rings (SSSR count). The monoisotopic (exact) mass is 318 g/mol. The SMILES string of the molecule is CC(C)NC(=O)C(C)NC(=O)c1sccc1Br. The first kappa shape index (κ1) is 14.2. The average Bonchev–Trinajstić information content (AvgIpc) is 2.63. The quantitative estimate of drug-likeness (QED) is 0.893. The molecule has 0 aromatic carbocycles. The maximum absolute atomic E-state index is 11.8. The number of halogens is 1. The molecule has 4 nitrogen and oxygen atoms in total. The molecule has 0 saturated heterocycles. The molecule has 1 aromatic heterocycles. The summed E-state index contributed by atoms with van der Waals surface area (Å²) < 4.78 is 0.747. The van der Waals surface area contributed by atoms with Gasteiger partial charge in [-0.05, 0) is 48.1 Å². The number of hydrogen-bond donors (Lipinski definition) is 2. The van der Waals surface area contributed by atoms with Crippen LogP contribution in [0.3, 0.4) is 0 Å². The molecule has 2 amide bonds. The van der Waals surface area contributed by atoms with Gasteiger partial charge in [-0.1, -0.05) is 0 Å². The number of rotatable bonds is 4. The van der Waals surface area contributed by atoms with Gasteiger partial charge in [0.15, 0.2) is 0 Å². The fraction of sp³-hybridized carbons (Fsp3) is 0.455. The topological polar surface area (TPSA) is 58.2 Å². The first-order chi connectivity index (χ1) is 7.91. The third-order valence-electron chi connectivity index (χ3n) is 2.00. The highest BCUT2D eigenvalue weighted by atomic mass is 79.9. The molecule has 0 fully saturated rings. The van der Waals surface area contributed by atoms with Gasteiger partial charge in [0.25, 0.3) is 5.91 Å². The molecular weight excluding hydrogens is 304 g/mol. The van der Waals surface area contributed by atoms with Gasteiger partial charge >= 0.3 is 0 Å². The van der Waals surface area contributed by atoms with Crippen molar-refractivity contribution in [3.63, 3.8) is 0 Å². The molecule has 17 heavy (non-hydrogen) atoms. The molecule has 1 heterocycles. The standard InChI is InChI=1S/C11H15BrN2O2S/c1-6(2)13-10(15)7(3)14-11(16)9-8(12)4-5-17-9/h4-7H,1-3H3,(H,13,15)(H,14,16). The van der Waals surface area contributed by atoms with Gasteiger partial charge in [0.2, 0.25) is 5.91 Å². The highest BCUT2D eigenvalue weighted by molar-refractivity contribution is 9.10. The molecular formula is C11H15BrN2O2S. The zero-order chi connectivity index (χ0) is 13.0. The summed E-state index contributed by atoms with van der Waals surface area (Å²) >= 11 is 4.62. The minimum absolute atomic E-state index is 0.0651. The van der Waals surface area contributed by atoms with E-state index in [0.717, 1.165) is 4.47 Å². The van der Waals surface area contributed by atoms with E-state index in [9.17, 15) is 9.59 Å². The number of carbonyl (C=O) groups is 2. The van der Waals surface area contributed by atoms with Crippen LogP contribution < -0.4 is 10.6 Å². The smallest absolute Gasteiger partial charge is 0.263 e. The van der Waals surface area contributed by atoms with Gasteiger partial charge in [-0.2, -0.15) is 0 Å². The molecule has 1 atom stereocenters. The van der Waals surface area contributed by atoms with Crippen LogP contribution in [0.1, 0.15) is 30.4 Å². The Morgan fingerprint density at radius 3 is 2.41 bits per heavy atom. The van der Waals surface area contributed by atoms with E-state index in [-0.39, 0.29) is 17.9 Å². The number of carbonyl (C=O) groups excluding carboxylic acids is 2. The number of hydrogen-bond acceptors (Lipinski definition) is 3. The average molecular weight is 319 g/mol. The molecule has 2 N–H and O–H groups in total. The summed E-state index contributed by atoms with van der Waals surface area (Å²) in [6, 6.07) is 1.33. The van der Waals surface area contributed by atoms with Crippen molar-refractivity contribution >= 4 is 39.1 Å². The Labute approximate surface area is 113 Å². The van der Waals surface area contributed by atoms with E-state index < -0.39 is 6.04 Å². The first-order valence-electron chi connectivity index (χ1n) is 5.26. The van der Waals surface area contributed by atoms with Gasteiger partial charge in [-0.25, -0.2) is 0 Å². The maximum atomic E-state index is 11.8. The first-order valence-corrected chi connectivity index (χ1v) is 6.93. The Morgan fingerprint density at radius 1 is 1.29 bits per heavy atom. The second-order valence-electron chi connectivity index (χ2n) is 3.96. The molecule has 1 aromatic rings. The van der Waals surface area contributed by atoms with Crippen LogP contribution >= 0.6 is 27.3 Å². The lowest BCUT2D eigenvalue weighted by molar-refractivity contribution is -0.123. The summed E-state index contributed by atoms with van der Waals surface area (Å²) in [4.78, 5) is 24.0. The summed E-state index contributed by atoms with van der Waals surface area (Å²) in [6.07, 6.45) is 0. The summed E-state index contributed by atoms with van der Waals surface area (Å²) in [5, 5.41) is 7.22. The van der Waals surface area contributed by atoms with E-state index in [2.05, 4.69) is 26.6 Å². The van der Waals surface area contributed by atoms with Crippen LogP contribution in [0.25, 0.3) is 0 Å². The Kier molecular flexibility index (Phi) is 5.14. The van der Waals surface area contributed by atoms with Crippen LogP contribution in [0.2, 0.25) is 0 Å². The second-order valence-corrected chi connectivity index (χ2v) is 5.73. The zero-order valence-corrected chi connectivity index (χ0v) is 12.3. The van der Waals surface area contributed by atoms with Gasteiger partial charge in [0, 0.05) is 10.5 Å². The third kappa shape index (κ3) is 4.12. The zero-order valence-electron chi connectivity index (χ0n) is 9.91. The Bertz CT molecular complexity index is 417. The highest BCUT2D eigenvalue weighted by Gasteiger charge is 2.19. The largest absolute Gasteiger partial charge is 0.352 e. The van der Waals surface area contributed by atoms with E-state index in [0.29, 0.717) is 4.88 Å². The second kappa shape index (κ2) is 6.16. The van der Waals surface area contributed by atoms with Crippen molar-refractivity contribution in [3.8, 4) is 0 Å². The fourth-order valence-corrected chi connectivity index (χ4v) is 2.65. The summed E-state index contributed by atoms with van der Waals surface area (Å²) in [7, 11) is 0. The lowest BCUT2D eigenvalue weighted by Crippen LogP contribution is -2.46. The number of nitrogens with one attached hydrogen (secondary N) is 2. The fourth-order valence-electron chi connectivity index (χ4n) is 1.19. The molecule has 94 valence electrons. The van der Waals surface area contributed by atoms with E-state index in [4.69, 9.17) is 0 Å². The molecule has 6 heteroatoms. The molecule has 0 aliphatic carbocycles. The van der Waals surface area contributed by atoms with Crippen molar-refractivity contribution < 1.29 is 9.59 Å².